The van der Waals surface area contributed by atoms with E-state index in [0.29, 0.717) is 0 Å². The molecule has 0 radical (unpaired) electrons. The van der Waals surface area contributed by atoms with Gasteiger partial charge in [0.1, 0.15) is 5.82 Å². The number of para-hydroxylation sites is 1. The molecule has 0 N–H and O–H groups in total. The second kappa shape index (κ2) is 13.3. The minimum atomic E-state index is 0.941. The van der Waals surface area contributed by atoms with Gasteiger partial charge < -0.3 is 4.57 Å². The summed E-state index contributed by atoms with van der Waals surface area (Å²) in [5.41, 5.74) is 6.89. The van der Waals surface area contributed by atoms with Gasteiger partial charge in [-0.3, -0.25) is 4.57 Å². The van der Waals surface area contributed by atoms with Gasteiger partial charge in [0.05, 0.1) is 16.6 Å². The second-order valence-corrected chi connectivity index (χ2v) is 11.6. The number of allylic oxidation sites excluding steroid dienone is 8. The van der Waals surface area contributed by atoms with Crippen LogP contribution >= 0.6 is 0 Å². The summed E-state index contributed by atoms with van der Waals surface area (Å²) in [6.45, 7) is 11.3. The fraction of sp³-hybridized carbons (Fsp3) is 0.0444. The molecule has 0 spiro atoms. The van der Waals surface area contributed by atoms with E-state index in [9.17, 15) is 0 Å². The summed E-state index contributed by atoms with van der Waals surface area (Å²) in [5, 5.41) is 8.44. The molecule has 0 aliphatic heterocycles. The third-order valence-electron chi connectivity index (χ3n) is 8.86. The Bertz CT molecular complexity index is 2550. The van der Waals surface area contributed by atoms with Crippen LogP contribution in [0.2, 0.25) is 0 Å². The van der Waals surface area contributed by atoms with Gasteiger partial charge >= 0.3 is 0 Å². The molecule has 0 fully saturated rings. The highest BCUT2D eigenvalue weighted by atomic mass is 15.1. The Morgan fingerprint density at radius 2 is 1.33 bits per heavy atom. The van der Waals surface area contributed by atoms with Gasteiger partial charge in [0.15, 0.2) is 0 Å². The van der Waals surface area contributed by atoms with E-state index in [0.717, 1.165) is 33.5 Å². The lowest BCUT2D eigenvalue weighted by Crippen LogP contribution is -1.99. The summed E-state index contributed by atoms with van der Waals surface area (Å²) in [7, 11) is 0. The number of nitrogens with zero attached hydrogens (tertiary/aromatic N) is 3. The summed E-state index contributed by atoms with van der Waals surface area (Å²) in [5.74, 6) is 0.941. The van der Waals surface area contributed by atoms with Gasteiger partial charge in [-0.1, -0.05) is 128 Å². The van der Waals surface area contributed by atoms with Crippen molar-refractivity contribution >= 4 is 60.0 Å². The maximum absolute atomic E-state index is 5.17. The number of fused-ring (bicyclic) bond motifs is 7. The van der Waals surface area contributed by atoms with Crippen LogP contribution in [0.3, 0.4) is 0 Å². The van der Waals surface area contributed by atoms with Gasteiger partial charge in [-0.2, -0.15) is 0 Å². The summed E-state index contributed by atoms with van der Waals surface area (Å²) in [4.78, 5) is 5.17. The highest BCUT2D eigenvalue weighted by molar-refractivity contribution is 6.18. The maximum atomic E-state index is 5.17. The van der Waals surface area contributed by atoms with Crippen molar-refractivity contribution in [3.63, 3.8) is 0 Å². The van der Waals surface area contributed by atoms with E-state index in [2.05, 4.69) is 157 Å². The molecule has 8 rings (SSSR count). The Kier molecular flexibility index (Phi) is 8.42. The van der Waals surface area contributed by atoms with Gasteiger partial charge in [-0.15, -0.1) is 0 Å². The summed E-state index contributed by atoms with van der Waals surface area (Å²) in [6.07, 6.45) is 17.8. The van der Waals surface area contributed by atoms with Gasteiger partial charge in [0, 0.05) is 45.2 Å². The lowest BCUT2D eigenvalue weighted by molar-refractivity contribution is 1.10. The van der Waals surface area contributed by atoms with Gasteiger partial charge in [-0.25, -0.2) is 4.98 Å². The molecular weight excluding hydrogens is 583 g/mol. The van der Waals surface area contributed by atoms with Crippen LogP contribution in [-0.4, -0.2) is 14.1 Å². The molecule has 0 amide bonds. The lowest BCUT2D eigenvalue weighted by Gasteiger charge is -2.14. The molecule has 3 heteroatoms. The average molecular weight is 620 g/mol. The van der Waals surface area contributed by atoms with Crippen molar-refractivity contribution in [3.8, 4) is 16.9 Å². The Balaban J connectivity index is 0.000000681. The Labute approximate surface area is 281 Å². The van der Waals surface area contributed by atoms with Crippen molar-refractivity contribution in [3.05, 3.63) is 177 Å². The Morgan fingerprint density at radius 3 is 2.06 bits per heavy atom. The summed E-state index contributed by atoms with van der Waals surface area (Å²) >= 11 is 0. The van der Waals surface area contributed by atoms with Crippen LogP contribution in [-0.2, 0) is 0 Å². The molecule has 5 aromatic carbocycles. The van der Waals surface area contributed by atoms with Crippen molar-refractivity contribution < 1.29 is 0 Å². The van der Waals surface area contributed by atoms with Crippen molar-refractivity contribution in [2.75, 3.05) is 0 Å². The van der Waals surface area contributed by atoms with Crippen LogP contribution in [0.5, 0.6) is 0 Å². The molecule has 232 valence electrons. The molecule has 0 atom stereocenters. The number of aromatic nitrogens is 3. The highest BCUT2D eigenvalue weighted by Crippen LogP contribution is 2.39. The molecule has 8 aromatic rings. The molecule has 0 aliphatic rings. The Hall–Kier alpha value is -6.19. The molecule has 0 unspecified atom stereocenters. The normalized spacial score (nSPS) is 12.1. The number of hydrogen-bond donors (Lipinski definition) is 0. The van der Waals surface area contributed by atoms with Crippen LogP contribution in [0.15, 0.2) is 177 Å². The molecule has 3 heterocycles. The standard InChI is InChI=1S/C40H29N3.C5H8/c1-3-5-15-29(4-2)42-23-22-32-34-25-39-35(24-28(34)20-21-37(32)42)31-17-11-12-19-38(31)43(39)40-33-18-10-9-16-30(33)36(26-41-40)27-13-7-6-8-14-27;1-3-5-4-2/h3-26H,1H2,2H3;3-5H,1H2,2H3/b15-5-,29-4+;5-4-. The quantitative estimate of drug-likeness (QED) is 0.170. The fourth-order valence-corrected chi connectivity index (χ4v) is 6.69. The summed E-state index contributed by atoms with van der Waals surface area (Å²) < 4.78 is 4.59. The predicted octanol–water partition coefficient (Wildman–Crippen LogP) is 12.5. The maximum Gasteiger partial charge on any atom is 0.145 e. The van der Waals surface area contributed by atoms with E-state index < -0.39 is 0 Å². The smallest absolute Gasteiger partial charge is 0.145 e. The van der Waals surface area contributed by atoms with Crippen LogP contribution in [0.25, 0.3) is 76.9 Å². The van der Waals surface area contributed by atoms with E-state index >= 15 is 0 Å². The second-order valence-electron chi connectivity index (χ2n) is 11.6. The zero-order valence-corrected chi connectivity index (χ0v) is 27.3. The fourth-order valence-electron chi connectivity index (χ4n) is 6.69. The third-order valence-corrected chi connectivity index (χ3v) is 8.86. The average Bonchev–Trinajstić information content (AvgIpc) is 3.71. The molecule has 3 nitrogen and oxygen atoms in total. The molecule has 0 saturated heterocycles. The van der Waals surface area contributed by atoms with E-state index in [1.54, 1.807) is 6.08 Å². The van der Waals surface area contributed by atoms with Gasteiger partial charge in [0.25, 0.3) is 0 Å². The minimum Gasteiger partial charge on any atom is -0.317 e. The first kappa shape index (κ1) is 30.5. The number of benzene rings is 5. The van der Waals surface area contributed by atoms with E-state index in [-0.39, 0.29) is 0 Å². The number of rotatable bonds is 6. The van der Waals surface area contributed by atoms with Crippen molar-refractivity contribution in [2.45, 2.75) is 13.8 Å². The molecule has 3 aromatic heterocycles. The SMILES string of the molecule is C=C/C=C\C.C=C/C=C\C(=C/C)n1ccc2c3cc4c(cc3ccc21)c1ccccc1n4-c1ncc(-c2ccccc2)c2ccccc12. The number of pyridine rings is 1. The van der Waals surface area contributed by atoms with Crippen molar-refractivity contribution in [1.82, 2.24) is 14.1 Å². The molecule has 0 saturated carbocycles. The largest absolute Gasteiger partial charge is 0.317 e. The zero-order chi connectivity index (χ0) is 33.0. The van der Waals surface area contributed by atoms with Crippen LogP contribution in [0.4, 0.5) is 0 Å². The predicted molar refractivity (Wildman–Crippen MR) is 209 cm³/mol. The lowest BCUT2D eigenvalue weighted by atomic mass is 10.0. The molecule has 0 bridgehead atoms. The first-order chi connectivity index (χ1) is 23.7. The van der Waals surface area contributed by atoms with Gasteiger partial charge in [0.2, 0.25) is 0 Å². The van der Waals surface area contributed by atoms with Gasteiger partial charge in [-0.05, 0) is 72.0 Å². The summed E-state index contributed by atoms with van der Waals surface area (Å²) in [6, 6.07) is 39.2. The first-order valence-electron chi connectivity index (χ1n) is 16.3. The van der Waals surface area contributed by atoms with Crippen LogP contribution in [0, 0.1) is 0 Å². The topological polar surface area (TPSA) is 22.8 Å². The molecular formula is C45H37N3. The van der Waals surface area contributed by atoms with Crippen molar-refractivity contribution in [1.29, 1.82) is 0 Å². The highest BCUT2D eigenvalue weighted by Gasteiger charge is 2.18. The van der Waals surface area contributed by atoms with E-state index in [1.807, 2.05) is 37.4 Å². The minimum absolute atomic E-state index is 0.941. The van der Waals surface area contributed by atoms with Crippen LogP contribution in [0.1, 0.15) is 13.8 Å². The number of hydrogen-bond acceptors (Lipinski definition) is 1. The molecule has 0 aliphatic carbocycles. The monoisotopic (exact) mass is 619 g/mol. The Morgan fingerprint density at radius 1 is 0.625 bits per heavy atom. The van der Waals surface area contributed by atoms with Crippen molar-refractivity contribution in [2.24, 2.45) is 0 Å². The molecule has 48 heavy (non-hydrogen) atoms. The zero-order valence-electron chi connectivity index (χ0n) is 27.3. The van der Waals surface area contributed by atoms with E-state index in [4.69, 9.17) is 4.98 Å². The van der Waals surface area contributed by atoms with Crippen LogP contribution < -0.4 is 0 Å². The van der Waals surface area contributed by atoms with E-state index in [1.165, 1.54) is 43.4 Å². The third kappa shape index (κ3) is 5.26. The first-order valence-corrected chi connectivity index (χ1v) is 16.3.